The molecule has 2 N–H and O–H groups in total. The van der Waals surface area contributed by atoms with E-state index in [1.807, 2.05) is 12.1 Å². The van der Waals surface area contributed by atoms with Crippen molar-refractivity contribution in [3.05, 3.63) is 96.2 Å². The number of nitrogens with one attached hydrogen (secondary N) is 2. The van der Waals surface area contributed by atoms with Gasteiger partial charge >= 0.3 is 0 Å². The van der Waals surface area contributed by atoms with E-state index in [1.54, 1.807) is 42.7 Å². The summed E-state index contributed by atoms with van der Waals surface area (Å²) in [5.41, 5.74) is 2.80. The molecule has 4 bridgehead atoms. The van der Waals surface area contributed by atoms with Crippen molar-refractivity contribution in [3.8, 4) is 5.75 Å². The van der Waals surface area contributed by atoms with Crippen molar-refractivity contribution in [3.63, 3.8) is 0 Å². The SMILES string of the molecule is O=C(/C=C/Oc1ccc(C23CC4CC(CC(C4)C2)C3)cc1)Nc1cccc(C(=O)NCc2ccco2)c1. The van der Waals surface area contributed by atoms with E-state index in [-0.39, 0.29) is 11.8 Å². The van der Waals surface area contributed by atoms with Crippen LogP contribution in [0.5, 0.6) is 5.75 Å². The van der Waals surface area contributed by atoms with E-state index < -0.39 is 0 Å². The molecule has 0 saturated heterocycles. The molecule has 3 aromatic rings. The zero-order valence-electron chi connectivity index (χ0n) is 20.8. The van der Waals surface area contributed by atoms with Gasteiger partial charge in [0.15, 0.2) is 0 Å². The summed E-state index contributed by atoms with van der Waals surface area (Å²) in [5.74, 6) is 3.56. The predicted molar refractivity (Wildman–Crippen MR) is 141 cm³/mol. The second kappa shape index (κ2) is 9.92. The highest BCUT2D eigenvalue weighted by atomic mass is 16.5. The normalized spacial score (nSPS) is 25.8. The Kier molecular flexibility index (Phi) is 6.33. The lowest BCUT2D eigenvalue weighted by atomic mass is 9.48. The second-order valence-corrected chi connectivity index (χ2v) is 11.0. The van der Waals surface area contributed by atoms with Crippen LogP contribution >= 0.6 is 0 Å². The number of anilines is 1. The van der Waals surface area contributed by atoms with Crippen LogP contribution in [0.3, 0.4) is 0 Å². The van der Waals surface area contributed by atoms with Gasteiger partial charge in [-0.2, -0.15) is 0 Å². The largest absolute Gasteiger partial charge is 0.467 e. The molecule has 6 heteroatoms. The topological polar surface area (TPSA) is 80.6 Å². The summed E-state index contributed by atoms with van der Waals surface area (Å²) in [6.45, 7) is 0.298. The molecule has 0 spiro atoms. The van der Waals surface area contributed by atoms with E-state index in [9.17, 15) is 9.59 Å². The van der Waals surface area contributed by atoms with Crippen molar-refractivity contribution in [2.75, 3.05) is 5.32 Å². The van der Waals surface area contributed by atoms with E-state index in [1.165, 1.54) is 56.4 Å². The fourth-order valence-corrected chi connectivity index (χ4v) is 7.13. The molecule has 37 heavy (non-hydrogen) atoms. The number of rotatable bonds is 8. The molecule has 4 aliphatic rings. The van der Waals surface area contributed by atoms with E-state index in [4.69, 9.17) is 9.15 Å². The number of hydrogen-bond donors (Lipinski definition) is 2. The third-order valence-electron chi connectivity index (χ3n) is 8.32. The smallest absolute Gasteiger partial charge is 0.251 e. The second-order valence-electron chi connectivity index (χ2n) is 11.0. The van der Waals surface area contributed by atoms with Crippen molar-refractivity contribution in [2.45, 2.75) is 50.5 Å². The van der Waals surface area contributed by atoms with Crippen LogP contribution in [0.25, 0.3) is 0 Å². The van der Waals surface area contributed by atoms with Gasteiger partial charge in [0, 0.05) is 17.3 Å². The van der Waals surface area contributed by atoms with E-state index in [0.29, 0.717) is 34.7 Å². The van der Waals surface area contributed by atoms with Crippen LogP contribution in [0, 0.1) is 17.8 Å². The Labute approximate surface area is 217 Å². The first-order chi connectivity index (χ1) is 18.0. The van der Waals surface area contributed by atoms with Crippen molar-refractivity contribution in [1.82, 2.24) is 5.32 Å². The van der Waals surface area contributed by atoms with Gasteiger partial charge in [0.1, 0.15) is 11.5 Å². The number of benzene rings is 2. The molecular weight excluding hydrogens is 464 g/mol. The van der Waals surface area contributed by atoms with Crippen LogP contribution in [0.15, 0.2) is 83.7 Å². The summed E-state index contributed by atoms with van der Waals surface area (Å²) < 4.78 is 10.9. The summed E-state index contributed by atoms with van der Waals surface area (Å²) in [4.78, 5) is 24.8. The van der Waals surface area contributed by atoms with E-state index in [2.05, 4.69) is 22.8 Å². The lowest BCUT2D eigenvalue weighted by molar-refractivity contribution is -0.112. The number of ether oxygens (including phenoxy) is 1. The van der Waals surface area contributed by atoms with Crippen LogP contribution in [-0.4, -0.2) is 11.8 Å². The number of carbonyl (C=O) groups excluding carboxylic acids is 2. The van der Waals surface area contributed by atoms with Crippen molar-refractivity contribution in [2.24, 2.45) is 17.8 Å². The minimum absolute atomic E-state index is 0.247. The van der Waals surface area contributed by atoms with Crippen molar-refractivity contribution in [1.29, 1.82) is 0 Å². The zero-order valence-corrected chi connectivity index (χ0v) is 20.8. The minimum Gasteiger partial charge on any atom is -0.467 e. The quantitative estimate of drug-likeness (QED) is 0.287. The van der Waals surface area contributed by atoms with Gasteiger partial charge in [0.2, 0.25) is 0 Å². The first-order valence-corrected chi connectivity index (χ1v) is 13.2. The molecule has 2 aromatic carbocycles. The van der Waals surface area contributed by atoms with Gasteiger partial charge in [-0.3, -0.25) is 9.59 Å². The molecule has 190 valence electrons. The summed E-state index contributed by atoms with van der Waals surface area (Å²) in [6, 6.07) is 18.8. The fourth-order valence-electron chi connectivity index (χ4n) is 7.13. The molecule has 0 atom stereocenters. The highest BCUT2D eigenvalue weighted by Gasteiger charge is 2.51. The lowest BCUT2D eigenvalue weighted by Crippen LogP contribution is -2.48. The van der Waals surface area contributed by atoms with Crippen LogP contribution < -0.4 is 15.4 Å². The molecule has 1 heterocycles. The number of carbonyl (C=O) groups is 2. The summed E-state index contributed by atoms with van der Waals surface area (Å²) in [5, 5.41) is 5.57. The van der Waals surface area contributed by atoms with Gasteiger partial charge in [-0.15, -0.1) is 0 Å². The molecule has 7 rings (SSSR count). The molecular formula is C31H32N2O4. The molecule has 0 unspecified atom stereocenters. The molecule has 6 nitrogen and oxygen atoms in total. The maximum Gasteiger partial charge on any atom is 0.251 e. The Morgan fingerprint density at radius 3 is 2.35 bits per heavy atom. The Morgan fingerprint density at radius 1 is 0.946 bits per heavy atom. The van der Waals surface area contributed by atoms with Crippen LogP contribution in [-0.2, 0) is 16.8 Å². The van der Waals surface area contributed by atoms with Crippen molar-refractivity contribution < 1.29 is 18.7 Å². The molecule has 0 radical (unpaired) electrons. The van der Waals surface area contributed by atoms with Gasteiger partial charge in [-0.25, -0.2) is 0 Å². The van der Waals surface area contributed by atoms with Crippen molar-refractivity contribution >= 4 is 17.5 Å². The Bertz CT molecular complexity index is 1260. The highest BCUT2D eigenvalue weighted by Crippen LogP contribution is 2.60. The van der Waals surface area contributed by atoms with Gasteiger partial charge in [0.05, 0.1) is 19.1 Å². The summed E-state index contributed by atoms with van der Waals surface area (Å²) >= 11 is 0. The number of amides is 2. The third-order valence-corrected chi connectivity index (χ3v) is 8.32. The first-order valence-electron chi connectivity index (χ1n) is 13.2. The molecule has 0 aliphatic heterocycles. The molecule has 4 fully saturated rings. The average Bonchev–Trinajstić information content (AvgIpc) is 3.41. The Balaban J connectivity index is 1.01. The van der Waals surface area contributed by atoms with Gasteiger partial charge in [-0.1, -0.05) is 18.2 Å². The first kappa shape index (κ1) is 23.6. The molecule has 4 saturated carbocycles. The third kappa shape index (κ3) is 5.19. The standard InChI is InChI=1S/C31H32N2O4/c34-29(33-26-4-1-3-24(16-26)30(35)32-20-28-5-2-11-36-28)10-12-37-27-8-6-25(7-9-27)31-17-21-13-22(18-31)15-23(14-21)19-31/h1-12,16,21-23H,13-15,17-20H2,(H,32,35)(H,33,34)/b12-10+. The number of furan rings is 1. The monoisotopic (exact) mass is 496 g/mol. The maximum absolute atomic E-state index is 12.4. The summed E-state index contributed by atoms with van der Waals surface area (Å²) in [7, 11) is 0. The van der Waals surface area contributed by atoms with Crippen LogP contribution in [0.4, 0.5) is 5.69 Å². The van der Waals surface area contributed by atoms with Gasteiger partial charge in [-0.05, 0) is 110 Å². The van der Waals surface area contributed by atoms with Crippen LogP contribution in [0.2, 0.25) is 0 Å². The predicted octanol–water partition coefficient (Wildman–Crippen LogP) is 6.21. The Morgan fingerprint density at radius 2 is 1.68 bits per heavy atom. The maximum atomic E-state index is 12.4. The van der Waals surface area contributed by atoms with Crippen LogP contribution in [0.1, 0.15) is 60.2 Å². The lowest BCUT2D eigenvalue weighted by Gasteiger charge is -2.57. The van der Waals surface area contributed by atoms with Gasteiger partial charge < -0.3 is 19.8 Å². The Hall–Kier alpha value is -3.80. The molecule has 2 amide bonds. The number of hydrogen-bond acceptors (Lipinski definition) is 4. The van der Waals surface area contributed by atoms with Gasteiger partial charge in [0.25, 0.3) is 11.8 Å². The van der Waals surface area contributed by atoms with E-state index >= 15 is 0 Å². The summed E-state index contributed by atoms with van der Waals surface area (Å²) in [6.07, 6.45) is 12.6. The highest BCUT2D eigenvalue weighted by molar-refractivity contribution is 6.01. The zero-order chi connectivity index (χ0) is 25.2. The average molecular weight is 497 g/mol. The molecule has 1 aromatic heterocycles. The van der Waals surface area contributed by atoms with E-state index in [0.717, 1.165) is 17.8 Å². The molecule has 4 aliphatic carbocycles. The minimum atomic E-state index is -0.335. The fraction of sp³-hybridized carbons (Fsp3) is 0.355.